The highest BCUT2D eigenvalue weighted by Gasteiger charge is 2.26. The van der Waals surface area contributed by atoms with Crippen molar-refractivity contribution < 1.29 is 4.79 Å². The normalized spacial score (nSPS) is 17.9. The molecule has 194 valence electrons. The number of hydrogen-bond donors (Lipinski definition) is 1. The number of nitrogens with one attached hydrogen (secondary N) is 1. The average molecular weight is 519 g/mol. The summed E-state index contributed by atoms with van der Waals surface area (Å²) in [5.74, 6) is 0.0990. The number of carbonyl (C=O) groups excluding carboxylic acids is 1. The van der Waals surface area contributed by atoms with E-state index in [2.05, 4.69) is 38.6 Å². The van der Waals surface area contributed by atoms with Crippen molar-refractivity contribution in [1.29, 1.82) is 0 Å². The Balaban J connectivity index is 1.47. The maximum absolute atomic E-state index is 14.3. The van der Waals surface area contributed by atoms with E-state index in [-0.39, 0.29) is 17.4 Å². The largest absolute Gasteiger partial charge is 0.367 e. The summed E-state index contributed by atoms with van der Waals surface area (Å²) in [5.41, 5.74) is 3.56. The monoisotopic (exact) mass is 518 g/mol. The zero-order valence-electron chi connectivity index (χ0n) is 21.6. The van der Waals surface area contributed by atoms with Crippen molar-refractivity contribution in [3.05, 3.63) is 52.3 Å². The first kappa shape index (κ1) is 24.3. The predicted octanol–water partition coefficient (Wildman–Crippen LogP) is 3.48. The van der Waals surface area contributed by atoms with Crippen LogP contribution in [-0.4, -0.2) is 77.4 Å². The second kappa shape index (κ2) is 10.0. The topological polar surface area (TPSA) is 73.2 Å². The number of anilines is 1. The van der Waals surface area contributed by atoms with Crippen LogP contribution in [0.25, 0.3) is 26.1 Å². The smallest absolute Gasteiger partial charge is 0.219 e. The SMILES string of the molecule is CC(=O)N1CCN(c2ccnc3c2c(=O)c(C(C)NCCN2CCCC2)c2sc4ccccc4n23)CC1. The Morgan fingerprint density at radius 1 is 1.08 bits per heavy atom. The van der Waals surface area contributed by atoms with Crippen LogP contribution >= 0.6 is 11.3 Å². The van der Waals surface area contributed by atoms with Crippen LogP contribution in [0.5, 0.6) is 0 Å². The van der Waals surface area contributed by atoms with Crippen molar-refractivity contribution in [3.8, 4) is 0 Å². The zero-order valence-corrected chi connectivity index (χ0v) is 22.4. The molecular weight excluding hydrogens is 484 g/mol. The Labute approximate surface area is 220 Å². The van der Waals surface area contributed by atoms with Crippen LogP contribution in [0.2, 0.25) is 0 Å². The number of para-hydroxylation sites is 1. The summed E-state index contributed by atoms with van der Waals surface area (Å²) in [7, 11) is 0. The lowest BCUT2D eigenvalue weighted by Gasteiger charge is -2.36. The maximum atomic E-state index is 14.3. The average Bonchev–Trinajstić information content (AvgIpc) is 3.56. The summed E-state index contributed by atoms with van der Waals surface area (Å²) in [6, 6.07) is 10.2. The number of pyridine rings is 2. The Hall–Kier alpha value is -3.01. The number of aromatic nitrogens is 2. The number of likely N-dealkylation sites (tertiary alicyclic amines) is 1. The Kier molecular flexibility index (Phi) is 6.60. The van der Waals surface area contributed by atoms with E-state index in [4.69, 9.17) is 4.98 Å². The number of fused-ring (bicyclic) bond motifs is 5. The van der Waals surface area contributed by atoms with E-state index < -0.39 is 0 Å². The van der Waals surface area contributed by atoms with Gasteiger partial charge in [0.05, 0.1) is 26.9 Å². The van der Waals surface area contributed by atoms with Crippen molar-refractivity contribution in [2.24, 2.45) is 0 Å². The highest BCUT2D eigenvalue weighted by Crippen LogP contribution is 2.35. The van der Waals surface area contributed by atoms with E-state index in [1.54, 1.807) is 18.3 Å². The molecule has 1 aromatic carbocycles. The van der Waals surface area contributed by atoms with Gasteiger partial charge >= 0.3 is 0 Å². The van der Waals surface area contributed by atoms with Gasteiger partial charge in [-0.05, 0) is 51.1 Å². The maximum Gasteiger partial charge on any atom is 0.219 e. The second-order valence-electron chi connectivity index (χ2n) is 10.2. The zero-order chi connectivity index (χ0) is 25.5. The van der Waals surface area contributed by atoms with Gasteiger partial charge in [0, 0.05) is 58.4 Å². The molecule has 5 heterocycles. The van der Waals surface area contributed by atoms with Gasteiger partial charge in [-0.1, -0.05) is 12.1 Å². The van der Waals surface area contributed by atoms with Crippen molar-refractivity contribution in [1.82, 2.24) is 24.5 Å². The third-order valence-electron chi connectivity index (χ3n) is 7.91. The molecule has 0 radical (unpaired) electrons. The van der Waals surface area contributed by atoms with E-state index in [0.29, 0.717) is 37.2 Å². The van der Waals surface area contributed by atoms with Crippen LogP contribution in [0.15, 0.2) is 41.3 Å². The lowest BCUT2D eigenvalue weighted by molar-refractivity contribution is -0.129. The number of benzene rings is 1. The molecule has 3 aromatic heterocycles. The van der Waals surface area contributed by atoms with Crippen molar-refractivity contribution in [3.63, 3.8) is 0 Å². The number of carbonyl (C=O) groups is 1. The summed E-state index contributed by atoms with van der Waals surface area (Å²) in [5, 5.41) is 4.33. The molecule has 9 heteroatoms. The molecule has 37 heavy (non-hydrogen) atoms. The molecule has 8 nitrogen and oxygen atoms in total. The van der Waals surface area contributed by atoms with Gasteiger partial charge < -0.3 is 20.0 Å². The van der Waals surface area contributed by atoms with Crippen LogP contribution in [0.4, 0.5) is 5.69 Å². The van der Waals surface area contributed by atoms with Gasteiger partial charge in [0.25, 0.3) is 0 Å². The van der Waals surface area contributed by atoms with Gasteiger partial charge in [0.15, 0.2) is 11.1 Å². The third kappa shape index (κ3) is 4.39. The summed E-state index contributed by atoms with van der Waals surface area (Å²) in [6.07, 6.45) is 4.37. The fourth-order valence-electron chi connectivity index (χ4n) is 5.89. The quantitative estimate of drug-likeness (QED) is 0.421. The fraction of sp³-hybridized carbons (Fsp3) is 0.464. The van der Waals surface area contributed by atoms with E-state index in [1.807, 2.05) is 29.3 Å². The van der Waals surface area contributed by atoms with E-state index in [9.17, 15) is 9.59 Å². The first-order valence-electron chi connectivity index (χ1n) is 13.3. The lowest BCUT2D eigenvalue weighted by atomic mass is 10.1. The minimum atomic E-state index is -0.0924. The summed E-state index contributed by atoms with van der Waals surface area (Å²) in [4.78, 5) is 38.5. The minimum absolute atomic E-state index is 0.0554. The van der Waals surface area contributed by atoms with Crippen LogP contribution < -0.4 is 15.6 Å². The number of piperazine rings is 1. The van der Waals surface area contributed by atoms with Crippen molar-refractivity contribution in [2.75, 3.05) is 57.3 Å². The van der Waals surface area contributed by atoms with Crippen LogP contribution in [0.3, 0.4) is 0 Å². The number of thiazole rings is 1. The Morgan fingerprint density at radius 2 is 1.84 bits per heavy atom. The molecule has 2 aliphatic rings. The number of rotatable bonds is 6. The van der Waals surface area contributed by atoms with Gasteiger partial charge in [0.2, 0.25) is 5.91 Å². The van der Waals surface area contributed by atoms with Gasteiger partial charge in [-0.15, -0.1) is 11.3 Å². The lowest BCUT2D eigenvalue weighted by Crippen LogP contribution is -2.48. The van der Waals surface area contributed by atoms with Gasteiger partial charge in [-0.25, -0.2) is 4.98 Å². The van der Waals surface area contributed by atoms with Crippen LogP contribution in [0.1, 0.15) is 38.3 Å². The minimum Gasteiger partial charge on any atom is -0.367 e. The summed E-state index contributed by atoms with van der Waals surface area (Å²) >= 11 is 1.66. The standard InChI is InChI=1S/C28H34N6O2S/c1-19(29-11-14-31-12-5-6-13-31)24-26(36)25-22(33-17-15-32(16-18-33)20(2)35)9-10-30-27(25)34-21-7-3-4-8-23(21)37-28(24)34/h3-4,7-10,19,29H,5-6,11-18H2,1-2H3. The molecule has 1 unspecified atom stereocenters. The molecule has 2 saturated heterocycles. The molecule has 1 atom stereocenters. The van der Waals surface area contributed by atoms with E-state index in [1.165, 1.54) is 25.9 Å². The van der Waals surface area contributed by atoms with E-state index in [0.717, 1.165) is 39.4 Å². The molecule has 4 aromatic rings. The summed E-state index contributed by atoms with van der Waals surface area (Å²) < 4.78 is 3.32. The predicted molar refractivity (Wildman–Crippen MR) is 151 cm³/mol. The van der Waals surface area contributed by atoms with E-state index >= 15 is 0 Å². The van der Waals surface area contributed by atoms with Gasteiger partial charge in [-0.3, -0.25) is 14.0 Å². The molecule has 1 amide bonds. The highest BCUT2D eigenvalue weighted by atomic mass is 32.1. The van der Waals surface area contributed by atoms with Gasteiger partial charge in [0.1, 0.15) is 4.83 Å². The molecule has 0 spiro atoms. The van der Waals surface area contributed by atoms with Gasteiger partial charge in [-0.2, -0.15) is 0 Å². The Morgan fingerprint density at radius 3 is 2.59 bits per heavy atom. The molecule has 2 aliphatic heterocycles. The molecule has 0 saturated carbocycles. The summed E-state index contributed by atoms with van der Waals surface area (Å²) in [6.45, 7) is 10.6. The molecule has 1 N–H and O–H groups in total. The molecular formula is C28H34N6O2S. The van der Waals surface area contributed by atoms with Crippen LogP contribution in [0, 0.1) is 0 Å². The fourth-order valence-corrected chi connectivity index (χ4v) is 7.16. The molecule has 6 rings (SSSR count). The molecule has 0 bridgehead atoms. The molecule has 2 fully saturated rings. The van der Waals surface area contributed by atoms with Crippen molar-refractivity contribution >= 4 is 49.0 Å². The Bertz CT molecular complexity index is 1510. The first-order valence-corrected chi connectivity index (χ1v) is 14.2. The van der Waals surface area contributed by atoms with Crippen LogP contribution in [-0.2, 0) is 4.79 Å². The number of nitrogens with zero attached hydrogens (tertiary/aromatic N) is 5. The highest BCUT2D eigenvalue weighted by molar-refractivity contribution is 7.24. The first-order chi connectivity index (χ1) is 18.0. The molecule has 0 aliphatic carbocycles. The van der Waals surface area contributed by atoms with Crippen molar-refractivity contribution in [2.45, 2.75) is 32.7 Å². The number of amides is 1. The number of hydrogen-bond acceptors (Lipinski definition) is 7. The second-order valence-corrected chi connectivity index (χ2v) is 11.2. The third-order valence-corrected chi connectivity index (χ3v) is 9.08.